The number of rotatable bonds is 3. The topological polar surface area (TPSA) is 92.4 Å². The van der Waals surface area contributed by atoms with Crippen molar-refractivity contribution in [3.63, 3.8) is 0 Å². The van der Waals surface area contributed by atoms with Crippen LogP contribution in [-0.4, -0.2) is 66.1 Å². The third-order valence-corrected chi connectivity index (χ3v) is 7.27. The maximum Gasteiger partial charge on any atom is 0.211 e. The van der Waals surface area contributed by atoms with Gasteiger partial charge < -0.3 is 5.73 Å². The second-order valence-corrected chi connectivity index (χ2v) is 9.67. The van der Waals surface area contributed by atoms with Gasteiger partial charge in [-0.1, -0.05) is 12.1 Å². The van der Waals surface area contributed by atoms with E-state index in [1.165, 1.54) is 6.26 Å². The number of nitrogen functional groups attached to an aromatic ring is 1. The number of aromatic nitrogens is 2. The zero-order valence-corrected chi connectivity index (χ0v) is 16.5. The molecule has 27 heavy (non-hydrogen) atoms. The number of fused-ring (bicyclic) bond motifs is 1. The zero-order valence-electron chi connectivity index (χ0n) is 15.7. The molecule has 0 atom stereocenters. The van der Waals surface area contributed by atoms with E-state index in [4.69, 9.17) is 10.7 Å². The van der Waals surface area contributed by atoms with Crippen LogP contribution in [0.5, 0.6) is 0 Å². The maximum absolute atomic E-state index is 11.7. The highest BCUT2D eigenvalue weighted by molar-refractivity contribution is 7.88. The minimum Gasteiger partial charge on any atom is -0.383 e. The number of anilines is 1. The highest BCUT2D eigenvalue weighted by Gasteiger charge is 2.31. The normalized spacial score (nSPS) is 25.7. The molecule has 1 aromatic heterocycles. The second-order valence-electron chi connectivity index (χ2n) is 7.69. The molecule has 0 bridgehead atoms. The summed E-state index contributed by atoms with van der Waals surface area (Å²) in [5.74, 6) is 1.78. The van der Waals surface area contributed by atoms with E-state index < -0.39 is 10.0 Å². The summed E-state index contributed by atoms with van der Waals surface area (Å²) in [6, 6.07) is 8.41. The number of hydrogen-bond donors (Lipinski definition) is 1. The summed E-state index contributed by atoms with van der Waals surface area (Å²) in [7, 11) is -3.07. The molecule has 1 aliphatic heterocycles. The van der Waals surface area contributed by atoms with E-state index in [1.54, 1.807) is 4.31 Å². The van der Waals surface area contributed by atoms with Crippen molar-refractivity contribution in [2.24, 2.45) is 0 Å². The Morgan fingerprint density at radius 3 is 2.33 bits per heavy atom. The lowest BCUT2D eigenvalue weighted by Crippen LogP contribution is -2.52. The first kappa shape index (κ1) is 18.6. The molecule has 146 valence electrons. The third kappa shape index (κ3) is 3.93. The van der Waals surface area contributed by atoms with Gasteiger partial charge in [-0.2, -0.15) is 4.31 Å². The molecular formula is C19H27N5O2S. The maximum atomic E-state index is 11.7. The van der Waals surface area contributed by atoms with Crippen LogP contribution in [0, 0.1) is 0 Å². The fourth-order valence-electron chi connectivity index (χ4n) is 4.40. The molecule has 4 rings (SSSR count). The van der Waals surface area contributed by atoms with Crippen LogP contribution in [0.25, 0.3) is 10.9 Å². The molecule has 0 amide bonds. The molecule has 2 aromatic rings. The SMILES string of the molecule is CS(=O)(=O)N1CCN(C2CCC(c3nc(N)c4ccccc4n3)CC2)CC1. The number of piperazine rings is 1. The number of hydrogen-bond acceptors (Lipinski definition) is 6. The van der Waals surface area contributed by atoms with Gasteiger partial charge in [-0.25, -0.2) is 18.4 Å². The van der Waals surface area contributed by atoms with Crippen LogP contribution in [0.15, 0.2) is 24.3 Å². The Bertz CT molecular complexity index is 917. The van der Waals surface area contributed by atoms with Crippen molar-refractivity contribution in [3.8, 4) is 0 Å². The van der Waals surface area contributed by atoms with Gasteiger partial charge in [0.15, 0.2) is 0 Å². The van der Waals surface area contributed by atoms with Crippen molar-refractivity contribution in [1.29, 1.82) is 0 Å². The largest absolute Gasteiger partial charge is 0.383 e. The molecule has 8 heteroatoms. The highest BCUT2D eigenvalue weighted by Crippen LogP contribution is 2.34. The van der Waals surface area contributed by atoms with Crippen molar-refractivity contribution in [2.45, 2.75) is 37.6 Å². The van der Waals surface area contributed by atoms with Crippen molar-refractivity contribution in [1.82, 2.24) is 19.2 Å². The molecule has 2 fully saturated rings. The summed E-state index contributed by atoms with van der Waals surface area (Å²) in [4.78, 5) is 11.8. The quantitative estimate of drug-likeness (QED) is 0.861. The Hall–Kier alpha value is -1.77. The minimum atomic E-state index is -3.07. The second kappa shape index (κ2) is 7.33. The van der Waals surface area contributed by atoms with Crippen LogP contribution in [0.2, 0.25) is 0 Å². The number of benzene rings is 1. The Morgan fingerprint density at radius 1 is 1.00 bits per heavy atom. The Labute approximate surface area is 160 Å². The van der Waals surface area contributed by atoms with Gasteiger partial charge in [0.25, 0.3) is 0 Å². The van der Waals surface area contributed by atoms with Crippen LogP contribution in [0.4, 0.5) is 5.82 Å². The molecule has 7 nitrogen and oxygen atoms in total. The molecule has 2 heterocycles. The summed E-state index contributed by atoms with van der Waals surface area (Å²) in [6.07, 6.45) is 5.59. The predicted molar refractivity (Wildman–Crippen MR) is 107 cm³/mol. The van der Waals surface area contributed by atoms with Gasteiger partial charge in [-0.3, -0.25) is 4.90 Å². The van der Waals surface area contributed by atoms with Gasteiger partial charge in [0.2, 0.25) is 10.0 Å². The average Bonchev–Trinajstić information content (AvgIpc) is 2.67. The predicted octanol–water partition coefficient (Wildman–Crippen LogP) is 1.82. The fourth-order valence-corrected chi connectivity index (χ4v) is 5.23. The molecule has 0 spiro atoms. The minimum absolute atomic E-state index is 0.352. The molecule has 2 aliphatic rings. The first-order valence-electron chi connectivity index (χ1n) is 9.63. The number of para-hydroxylation sites is 1. The molecule has 0 radical (unpaired) electrons. The smallest absolute Gasteiger partial charge is 0.211 e. The molecule has 1 aromatic carbocycles. The lowest BCUT2D eigenvalue weighted by atomic mass is 9.84. The van der Waals surface area contributed by atoms with Gasteiger partial charge in [0.1, 0.15) is 11.6 Å². The van der Waals surface area contributed by atoms with E-state index in [9.17, 15) is 8.42 Å². The van der Waals surface area contributed by atoms with E-state index in [0.717, 1.165) is 55.5 Å². The van der Waals surface area contributed by atoms with E-state index in [1.807, 2.05) is 24.3 Å². The van der Waals surface area contributed by atoms with Crippen LogP contribution >= 0.6 is 0 Å². The summed E-state index contributed by atoms with van der Waals surface area (Å²) in [5, 5.41) is 0.915. The molecule has 1 aliphatic carbocycles. The van der Waals surface area contributed by atoms with Crippen LogP contribution in [0.1, 0.15) is 37.4 Å². The standard InChI is InChI=1S/C19H27N5O2S/c1-27(25,26)24-12-10-23(11-13-24)15-8-6-14(7-9-15)19-21-17-5-3-2-4-16(17)18(20)22-19/h2-5,14-15H,6-13H2,1H3,(H2,20,21,22). The number of nitrogens with two attached hydrogens (primary N) is 1. The van der Waals surface area contributed by atoms with Gasteiger partial charge >= 0.3 is 0 Å². The first-order valence-corrected chi connectivity index (χ1v) is 11.5. The lowest BCUT2D eigenvalue weighted by molar-refractivity contribution is 0.106. The van der Waals surface area contributed by atoms with Gasteiger partial charge in [-0.15, -0.1) is 0 Å². The molecule has 0 unspecified atom stereocenters. The summed E-state index contributed by atoms with van der Waals surface area (Å²) in [6.45, 7) is 2.84. The number of nitrogens with zero attached hydrogens (tertiary/aromatic N) is 4. The van der Waals surface area contributed by atoms with Crippen LogP contribution in [-0.2, 0) is 10.0 Å². The summed E-state index contributed by atoms with van der Waals surface area (Å²) < 4.78 is 24.9. The molecule has 2 N–H and O–H groups in total. The zero-order chi connectivity index (χ0) is 19.0. The van der Waals surface area contributed by atoms with E-state index in [-0.39, 0.29) is 0 Å². The third-order valence-electron chi connectivity index (χ3n) is 5.97. The number of sulfonamides is 1. The van der Waals surface area contributed by atoms with Crippen molar-refractivity contribution < 1.29 is 8.42 Å². The van der Waals surface area contributed by atoms with Gasteiger partial charge in [0, 0.05) is 43.5 Å². The molecule has 1 saturated carbocycles. The van der Waals surface area contributed by atoms with Crippen molar-refractivity contribution in [2.75, 3.05) is 38.2 Å². The highest BCUT2D eigenvalue weighted by atomic mass is 32.2. The lowest BCUT2D eigenvalue weighted by Gasteiger charge is -2.41. The van der Waals surface area contributed by atoms with Crippen molar-refractivity contribution in [3.05, 3.63) is 30.1 Å². The van der Waals surface area contributed by atoms with Crippen LogP contribution in [0.3, 0.4) is 0 Å². The monoisotopic (exact) mass is 389 g/mol. The molecule has 1 saturated heterocycles. The van der Waals surface area contributed by atoms with Gasteiger partial charge in [-0.05, 0) is 37.8 Å². The Morgan fingerprint density at radius 2 is 1.67 bits per heavy atom. The first-order chi connectivity index (χ1) is 12.9. The van der Waals surface area contributed by atoms with Gasteiger partial charge in [0.05, 0.1) is 11.8 Å². The molecular weight excluding hydrogens is 362 g/mol. The fraction of sp³-hybridized carbons (Fsp3) is 0.579. The average molecular weight is 390 g/mol. The Kier molecular flexibility index (Phi) is 5.05. The van der Waals surface area contributed by atoms with Crippen molar-refractivity contribution >= 4 is 26.7 Å². The van der Waals surface area contributed by atoms with E-state index in [0.29, 0.717) is 30.9 Å². The van der Waals surface area contributed by atoms with Crippen LogP contribution < -0.4 is 5.73 Å². The summed E-state index contributed by atoms with van der Waals surface area (Å²) >= 11 is 0. The van der Waals surface area contributed by atoms with E-state index >= 15 is 0 Å². The Balaban J connectivity index is 1.38. The van der Waals surface area contributed by atoms with E-state index in [2.05, 4.69) is 9.88 Å². The summed E-state index contributed by atoms with van der Waals surface area (Å²) in [5.41, 5.74) is 7.06.